The molecule has 0 radical (unpaired) electrons. The van der Waals surface area contributed by atoms with Gasteiger partial charge in [-0.15, -0.1) is 0 Å². The van der Waals surface area contributed by atoms with Gasteiger partial charge in [0.15, 0.2) is 0 Å². The Bertz CT molecular complexity index is 1700. The first kappa shape index (κ1) is 43.5. The van der Waals surface area contributed by atoms with Gasteiger partial charge in [-0.3, -0.25) is 0 Å². The molecule has 0 aliphatic heterocycles. The lowest BCUT2D eigenvalue weighted by molar-refractivity contribution is -0.139. The van der Waals surface area contributed by atoms with Gasteiger partial charge in [0.2, 0.25) is 0 Å². The Morgan fingerprint density at radius 3 is 0.911 bits per heavy atom. The summed E-state index contributed by atoms with van der Waals surface area (Å²) in [6, 6.07) is 20.5. The highest BCUT2D eigenvalue weighted by Gasteiger charge is 2.32. The van der Waals surface area contributed by atoms with Crippen LogP contribution in [0.25, 0.3) is 0 Å². The Hall–Kier alpha value is -6.90. The highest BCUT2D eigenvalue weighted by Crippen LogP contribution is 2.40. The monoisotopic (exact) mass is 771 g/mol. The molecule has 15 nitrogen and oxygen atoms in total. The molecule has 0 spiro atoms. The van der Waals surface area contributed by atoms with Gasteiger partial charge in [0.1, 0.15) is 37.1 Å². The average Bonchev–Trinajstić information content (AvgIpc) is 3.16. The summed E-state index contributed by atoms with van der Waals surface area (Å²) in [7, 11) is 0. The van der Waals surface area contributed by atoms with Crippen molar-refractivity contribution in [3.8, 4) is 17.2 Å². The van der Waals surface area contributed by atoms with Crippen molar-refractivity contribution in [2.24, 2.45) is 0 Å². The van der Waals surface area contributed by atoms with E-state index in [0.29, 0.717) is 0 Å². The SMILES string of the molecule is C=C(C)C(=O)OCCNC(=O)Oc1ccc(C(C)(c2ccc(OC(=O)NCCOC(=O)C(=C)C)cc2)c2ccc(OC(=O)NCCOC(=O)C(=C)C)cc2)cc1. The Morgan fingerprint density at radius 1 is 0.464 bits per heavy atom. The van der Waals surface area contributed by atoms with Gasteiger partial charge in [0.05, 0.1) is 19.6 Å². The number of ether oxygens (including phenoxy) is 6. The van der Waals surface area contributed by atoms with Crippen molar-refractivity contribution in [2.45, 2.75) is 33.1 Å². The third-order valence-electron chi connectivity index (χ3n) is 7.79. The van der Waals surface area contributed by atoms with Crippen molar-refractivity contribution in [3.63, 3.8) is 0 Å². The summed E-state index contributed by atoms with van der Waals surface area (Å²) in [5.74, 6) is -0.940. The molecule has 0 fully saturated rings. The molecule has 3 N–H and O–H groups in total. The van der Waals surface area contributed by atoms with E-state index in [4.69, 9.17) is 28.4 Å². The normalized spacial score (nSPS) is 10.5. The molecule has 296 valence electrons. The fourth-order valence-corrected chi connectivity index (χ4v) is 4.76. The maximum atomic E-state index is 12.4. The van der Waals surface area contributed by atoms with Crippen LogP contribution < -0.4 is 30.2 Å². The molecular weight excluding hydrogens is 726 g/mol. The van der Waals surface area contributed by atoms with Gasteiger partial charge in [-0.25, -0.2) is 28.8 Å². The highest BCUT2D eigenvalue weighted by molar-refractivity contribution is 5.87. The summed E-state index contributed by atoms with van der Waals surface area (Å²) < 4.78 is 31.1. The number of benzene rings is 3. The van der Waals surface area contributed by atoms with Gasteiger partial charge in [-0.05, 0) is 80.8 Å². The standard InChI is InChI=1S/C41H45N3O12/c1-26(2)35(45)51-23-20-42-38(48)54-32-14-8-29(9-15-32)41(7,30-10-16-33(17-11-30)55-39(49)43-21-24-52-36(46)27(3)4)31-12-18-34(19-13-31)56-40(50)44-22-25-53-37(47)28(5)6/h8-19H,1,3,5,20-25H2,2,4,6-7H3,(H,42,48)(H,43,49)(H,44,50). The van der Waals surface area contributed by atoms with Crippen LogP contribution in [0, 0.1) is 0 Å². The zero-order valence-electron chi connectivity index (χ0n) is 31.7. The van der Waals surface area contributed by atoms with Crippen molar-refractivity contribution in [2.75, 3.05) is 39.5 Å². The van der Waals surface area contributed by atoms with E-state index in [0.717, 1.165) is 16.7 Å². The van der Waals surface area contributed by atoms with E-state index in [1.165, 1.54) is 20.8 Å². The van der Waals surface area contributed by atoms with Crippen LogP contribution in [0.15, 0.2) is 109 Å². The number of hydrogen-bond acceptors (Lipinski definition) is 12. The van der Waals surface area contributed by atoms with Crippen molar-refractivity contribution < 1.29 is 57.2 Å². The minimum atomic E-state index is -0.851. The number of rotatable bonds is 18. The van der Waals surface area contributed by atoms with Crippen LogP contribution in [0.5, 0.6) is 17.2 Å². The van der Waals surface area contributed by atoms with Gasteiger partial charge < -0.3 is 44.4 Å². The van der Waals surface area contributed by atoms with Crippen LogP contribution >= 0.6 is 0 Å². The fraction of sp³-hybridized carbons (Fsp3) is 0.268. The molecule has 0 aromatic heterocycles. The van der Waals surface area contributed by atoms with Crippen molar-refractivity contribution >= 4 is 36.2 Å². The van der Waals surface area contributed by atoms with E-state index in [9.17, 15) is 28.8 Å². The van der Waals surface area contributed by atoms with Crippen LogP contribution in [-0.4, -0.2) is 75.6 Å². The van der Waals surface area contributed by atoms with E-state index in [1.54, 1.807) is 72.8 Å². The molecule has 3 rings (SSSR count). The molecule has 3 aromatic carbocycles. The number of esters is 3. The predicted molar refractivity (Wildman–Crippen MR) is 204 cm³/mol. The molecule has 0 saturated heterocycles. The van der Waals surface area contributed by atoms with Crippen LogP contribution in [0.2, 0.25) is 0 Å². The maximum absolute atomic E-state index is 12.4. The second-order valence-electron chi connectivity index (χ2n) is 12.4. The molecular formula is C41H45N3O12. The molecule has 0 aliphatic carbocycles. The topological polar surface area (TPSA) is 194 Å². The van der Waals surface area contributed by atoms with Gasteiger partial charge in [0.25, 0.3) is 0 Å². The Balaban J connectivity index is 1.76. The Morgan fingerprint density at radius 2 is 0.696 bits per heavy atom. The van der Waals surface area contributed by atoms with Crippen LogP contribution in [0.1, 0.15) is 44.4 Å². The van der Waals surface area contributed by atoms with Gasteiger partial charge in [-0.1, -0.05) is 56.1 Å². The third kappa shape index (κ3) is 13.5. The van der Waals surface area contributed by atoms with Crippen LogP contribution in [-0.2, 0) is 34.0 Å². The molecule has 0 saturated carbocycles. The number of carbonyl (C=O) groups excluding carboxylic acids is 6. The molecule has 56 heavy (non-hydrogen) atoms. The average molecular weight is 772 g/mol. The molecule has 15 heteroatoms. The minimum absolute atomic E-state index is 0.0342. The van der Waals surface area contributed by atoms with Crippen molar-refractivity contribution in [1.29, 1.82) is 0 Å². The third-order valence-corrected chi connectivity index (χ3v) is 7.79. The number of hydrogen-bond donors (Lipinski definition) is 3. The Labute approximate surface area is 324 Å². The number of nitrogens with one attached hydrogen (secondary N) is 3. The molecule has 0 aliphatic rings. The van der Waals surface area contributed by atoms with E-state index >= 15 is 0 Å². The smallest absolute Gasteiger partial charge is 0.412 e. The molecule has 0 atom stereocenters. The predicted octanol–water partition coefficient (Wildman–Crippen LogP) is 5.66. The van der Waals surface area contributed by atoms with Crippen molar-refractivity contribution in [1.82, 2.24) is 16.0 Å². The van der Waals surface area contributed by atoms with Crippen LogP contribution in [0.4, 0.5) is 14.4 Å². The minimum Gasteiger partial charge on any atom is -0.460 e. The maximum Gasteiger partial charge on any atom is 0.412 e. The van der Waals surface area contributed by atoms with Gasteiger partial charge in [0, 0.05) is 22.1 Å². The van der Waals surface area contributed by atoms with Crippen LogP contribution in [0.3, 0.4) is 0 Å². The first-order valence-electron chi connectivity index (χ1n) is 17.3. The van der Waals surface area contributed by atoms with Gasteiger partial charge in [-0.2, -0.15) is 0 Å². The van der Waals surface area contributed by atoms with Gasteiger partial charge >= 0.3 is 36.2 Å². The zero-order valence-corrected chi connectivity index (χ0v) is 31.7. The molecule has 0 unspecified atom stereocenters. The van der Waals surface area contributed by atoms with E-state index in [1.807, 2.05) is 6.92 Å². The lowest BCUT2D eigenvalue weighted by Gasteiger charge is -2.32. The molecule has 0 bridgehead atoms. The first-order valence-corrected chi connectivity index (χ1v) is 17.3. The largest absolute Gasteiger partial charge is 0.460 e. The van der Waals surface area contributed by atoms with E-state index < -0.39 is 41.6 Å². The summed E-state index contributed by atoms with van der Waals surface area (Å²) >= 11 is 0. The molecule has 0 heterocycles. The van der Waals surface area contributed by atoms with E-state index in [2.05, 4.69) is 35.7 Å². The molecule has 3 aromatic rings. The summed E-state index contributed by atoms with van der Waals surface area (Å²) in [6.45, 7) is 17.0. The quantitative estimate of drug-likeness (QED) is 0.0473. The summed E-state index contributed by atoms with van der Waals surface area (Å²) in [5.41, 5.74) is 2.22. The zero-order chi connectivity index (χ0) is 41.3. The van der Waals surface area contributed by atoms with E-state index in [-0.39, 0.29) is 73.4 Å². The summed E-state index contributed by atoms with van der Waals surface area (Å²) in [6.07, 6.45) is -2.23. The summed E-state index contributed by atoms with van der Waals surface area (Å²) in [4.78, 5) is 71.7. The summed E-state index contributed by atoms with van der Waals surface area (Å²) in [5, 5.41) is 7.53. The second-order valence-corrected chi connectivity index (χ2v) is 12.4. The fourth-order valence-electron chi connectivity index (χ4n) is 4.76. The second kappa shape index (κ2) is 21.1. The van der Waals surface area contributed by atoms with Crippen molar-refractivity contribution in [3.05, 3.63) is 126 Å². The number of amides is 3. The first-order chi connectivity index (χ1) is 26.6. The number of carbonyl (C=O) groups is 6. The lowest BCUT2D eigenvalue weighted by atomic mass is 9.71. The lowest BCUT2D eigenvalue weighted by Crippen LogP contribution is -2.31. The highest BCUT2D eigenvalue weighted by atomic mass is 16.6. The Kier molecular flexibility index (Phi) is 16.4. The molecule has 3 amide bonds.